The highest BCUT2D eigenvalue weighted by Gasteiger charge is 2.38. The largest absolute Gasteiger partial charge is 0.481 e. The molecule has 0 bridgehead atoms. The van der Waals surface area contributed by atoms with Crippen LogP contribution < -0.4 is 5.32 Å². The highest BCUT2D eigenvalue weighted by atomic mass is 32.1. The summed E-state index contributed by atoms with van der Waals surface area (Å²) in [5, 5.41) is 14.4. The summed E-state index contributed by atoms with van der Waals surface area (Å²) in [7, 11) is 0. The van der Waals surface area contributed by atoms with E-state index in [9.17, 15) is 9.59 Å². The van der Waals surface area contributed by atoms with Crippen LogP contribution in [0.2, 0.25) is 0 Å². The highest BCUT2D eigenvalue weighted by Crippen LogP contribution is 2.27. The molecule has 0 saturated carbocycles. The zero-order chi connectivity index (χ0) is 13.9. The van der Waals surface area contributed by atoms with Crippen molar-refractivity contribution in [1.82, 2.24) is 10.3 Å². The summed E-state index contributed by atoms with van der Waals surface area (Å²) in [6.07, 6.45) is 1.65. The third-order valence-corrected chi connectivity index (χ3v) is 3.51. The molecule has 6 heteroatoms. The maximum atomic E-state index is 12.0. The summed E-state index contributed by atoms with van der Waals surface area (Å²) in [6.45, 7) is 7.00. The first-order chi connectivity index (χ1) is 8.23. The van der Waals surface area contributed by atoms with Gasteiger partial charge in [0.2, 0.25) is 5.91 Å². The van der Waals surface area contributed by atoms with Crippen LogP contribution in [-0.4, -0.2) is 22.0 Å². The second-order valence-electron chi connectivity index (χ2n) is 5.24. The number of rotatable bonds is 4. The molecule has 0 aliphatic heterocycles. The van der Waals surface area contributed by atoms with E-state index in [1.807, 2.05) is 5.38 Å². The van der Waals surface area contributed by atoms with Gasteiger partial charge in [-0.05, 0) is 12.3 Å². The first-order valence-corrected chi connectivity index (χ1v) is 6.54. The van der Waals surface area contributed by atoms with Crippen LogP contribution in [-0.2, 0) is 9.59 Å². The maximum Gasteiger partial charge on any atom is 0.316 e. The van der Waals surface area contributed by atoms with E-state index in [2.05, 4.69) is 10.3 Å². The van der Waals surface area contributed by atoms with Crippen molar-refractivity contribution < 1.29 is 14.7 Å². The average Bonchev–Trinajstić information content (AvgIpc) is 2.65. The molecule has 0 fully saturated rings. The van der Waals surface area contributed by atoms with Gasteiger partial charge in [-0.15, -0.1) is 11.3 Å². The van der Waals surface area contributed by atoms with Crippen LogP contribution in [0.3, 0.4) is 0 Å². The van der Waals surface area contributed by atoms with Crippen LogP contribution in [0, 0.1) is 11.3 Å². The molecule has 2 atom stereocenters. The Bertz CT molecular complexity index is 423. The molecule has 0 saturated heterocycles. The molecule has 2 unspecified atom stereocenters. The average molecular weight is 270 g/mol. The fraction of sp³-hybridized carbons (Fsp3) is 0.583. The molecule has 0 aliphatic carbocycles. The summed E-state index contributed by atoms with van der Waals surface area (Å²) in [5.74, 6) is -2.65. The van der Waals surface area contributed by atoms with Gasteiger partial charge < -0.3 is 10.4 Å². The number of hydrogen-bond donors (Lipinski definition) is 2. The first kappa shape index (κ1) is 14.6. The van der Waals surface area contributed by atoms with E-state index in [4.69, 9.17) is 5.11 Å². The minimum atomic E-state index is -1.11. The number of amides is 1. The molecule has 2 N–H and O–H groups in total. The standard InChI is InChI=1S/C12H18N2O3S/c1-7(10-13-5-6-18-10)14-9(15)8(11(16)17)12(2,3)4/h5-8H,1-4H3,(H,14,15)(H,16,17). The molecule has 0 radical (unpaired) electrons. The fourth-order valence-corrected chi connectivity index (χ4v) is 2.33. The van der Waals surface area contributed by atoms with Crippen molar-refractivity contribution in [2.75, 3.05) is 0 Å². The van der Waals surface area contributed by atoms with Crippen molar-refractivity contribution >= 4 is 23.2 Å². The van der Waals surface area contributed by atoms with E-state index in [0.717, 1.165) is 5.01 Å². The SMILES string of the molecule is CC(NC(=O)C(C(=O)O)C(C)(C)C)c1nccs1. The van der Waals surface area contributed by atoms with Gasteiger partial charge in [-0.2, -0.15) is 0 Å². The predicted octanol–water partition coefficient (Wildman–Crippen LogP) is 2.07. The fourth-order valence-electron chi connectivity index (χ4n) is 1.68. The Labute approximate surface area is 110 Å². The smallest absolute Gasteiger partial charge is 0.316 e. The lowest BCUT2D eigenvalue weighted by atomic mass is 9.80. The van der Waals surface area contributed by atoms with E-state index in [-0.39, 0.29) is 6.04 Å². The Morgan fingerprint density at radius 1 is 1.44 bits per heavy atom. The lowest BCUT2D eigenvalue weighted by Gasteiger charge is -2.27. The minimum Gasteiger partial charge on any atom is -0.481 e. The monoisotopic (exact) mass is 270 g/mol. The van der Waals surface area contributed by atoms with E-state index in [0.29, 0.717) is 0 Å². The molecule has 0 aromatic carbocycles. The quantitative estimate of drug-likeness (QED) is 0.821. The van der Waals surface area contributed by atoms with Crippen LogP contribution in [0.5, 0.6) is 0 Å². The molecular weight excluding hydrogens is 252 g/mol. The molecule has 0 aliphatic rings. The van der Waals surface area contributed by atoms with E-state index < -0.39 is 23.2 Å². The summed E-state index contributed by atoms with van der Waals surface area (Å²) < 4.78 is 0. The molecule has 1 aromatic heterocycles. The minimum absolute atomic E-state index is 0.276. The molecule has 1 aromatic rings. The molecule has 1 heterocycles. The van der Waals surface area contributed by atoms with Crippen molar-refractivity contribution in [2.24, 2.45) is 11.3 Å². The maximum absolute atomic E-state index is 12.0. The van der Waals surface area contributed by atoms with Crippen LogP contribution in [0.1, 0.15) is 38.7 Å². The zero-order valence-electron chi connectivity index (χ0n) is 10.9. The molecule has 1 rings (SSSR count). The molecular formula is C12H18N2O3S. The van der Waals surface area contributed by atoms with Gasteiger partial charge >= 0.3 is 5.97 Å². The normalized spacial score (nSPS) is 14.9. The number of carbonyl (C=O) groups excluding carboxylic acids is 1. The van der Waals surface area contributed by atoms with Crippen LogP contribution in [0.4, 0.5) is 0 Å². The number of aromatic nitrogens is 1. The van der Waals surface area contributed by atoms with Crippen molar-refractivity contribution in [3.8, 4) is 0 Å². The number of carboxylic acids is 1. The van der Waals surface area contributed by atoms with Gasteiger partial charge in [0.1, 0.15) is 10.9 Å². The number of carboxylic acid groups (broad SMARTS) is 1. The first-order valence-electron chi connectivity index (χ1n) is 5.66. The predicted molar refractivity (Wildman–Crippen MR) is 69.3 cm³/mol. The van der Waals surface area contributed by atoms with Crippen LogP contribution in [0.15, 0.2) is 11.6 Å². The zero-order valence-corrected chi connectivity index (χ0v) is 11.7. The lowest BCUT2D eigenvalue weighted by Crippen LogP contribution is -2.43. The Hall–Kier alpha value is -1.43. The highest BCUT2D eigenvalue weighted by molar-refractivity contribution is 7.09. The number of carbonyl (C=O) groups is 2. The van der Waals surface area contributed by atoms with Gasteiger partial charge in [0.15, 0.2) is 0 Å². The Morgan fingerprint density at radius 3 is 2.44 bits per heavy atom. The van der Waals surface area contributed by atoms with Gasteiger partial charge in [0.25, 0.3) is 0 Å². The van der Waals surface area contributed by atoms with Crippen molar-refractivity contribution in [2.45, 2.75) is 33.7 Å². The number of hydrogen-bond acceptors (Lipinski definition) is 4. The lowest BCUT2D eigenvalue weighted by molar-refractivity contribution is -0.151. The molecule has 100 valence electrons. The van der Waals surface area contributed by atoms with Gasteiger partial charge in [-0.3, -0.25) is 9.59 Å². The van der Waals surface area contributed by atoms with E-state index in [1.165, 1.54) is 11.3 Å². The number of nitrogens with one attached hydrogen (secondary N) is 1. The number of aliphatic carboxylic acids is 1. The number of nitrogens with zero attached hydrogens (tertiary/aromatic N) is 1. The summed E-state index contributed by atoms with van der Waals surface area (Å²) >= 11 is 1.43. The van der Waals surface area contributed by atoms with E-state index >= 15 is 0 Å². The molecule has 1 amide bonds. The molecule has 18 heavy (non-hydrogen) atoms. The Morgan fingerprint density at radius 2 is 2.06 bits per heavy atom. The number of thiazole rings is 1. The summed E-state index contributed by atoms with van der Waals surface area (Å²) in [5.41, 5.74) is -0.626. The molecule has 0 spiro atoms. The Kier molecular flexibility index (Phi) is 4.45. The summed E-state index contributed by atoms with van der Waals surface area (Å²) in [4.78, 5) is 27.3. The Balaban J connectivity index is 2.77. The second kappa shape index (κ2) is 5.48. The van der Waals surface area contributed by atoms with Gasteiger partial charge in [-0.1, -0.05) is 20.8 Å². The van der Waals surface area contributed by atoms with Gasteiger partial charge in [-0.25, -0.2) is 4.98 Å². The van der Waals surface area contributed by atoms with Crippen LogP contribution in [0.25, 0.3) is 0 Å². The van der Waals surface area contributed by atoms with Crippen LogP contribution >= 0.6 is 11.3 Å². The third kappa shape index (κ3) is 3.53. The molecule has 5 nitrogen and oxygen atoms in total. The second-order valence-corrected chi connectivity index (χ2v) is 6.16. The third-order valence-electron chi connectivity index (χ3n) is 2.56. The van der Waals surface area contributed by atoms with Gasteiger partial charge in [0.05, 0.1) is 6.04 Å². The van der Waals surface area contributed by atoms with E-state index in [1.54, 1.807) is 33.9 Å². The van der Waals surface area contributed by atoms with Crippen molar-refractivity contribution in [3.05, 3.63) is 16.6 Å². The van der Waals surface area contributed by atoms with Gasteiger partial charge in [0, 0.05) is 11.6 Å². The van der Waals surface area contributed by atoms with Crippen molar-refractivity contribution in [1.29, 1.82) is 0 Å². The summed E-state index contributed by atoms with van der Waals surface area (Å²) in [6, 6.07) is -0.276. The topological polar surface area (TPSA) is 79.3 Å². The van der Waals surface area contributed by atoms with Crippen molar-refractivity contribution in [3.63, 3.8) is 0 Å².